The third-order valence-corrected chi connectivity index (χ3v) is 6.96. The molecule has 1 aliphatic carbocycles. The fourth-order valence-electron chi connectivity index (χ4n) is 5.38. The summed E-state index contributed by atoms with van der Waals surface area (Å²) in [5.74, 6) is 1.16. The molecule has 35 heavy (non-hydrogen) atoms. The van der Waals surface area contributed by atoms with Gasteiger partial charge in [-0.1, -0.05) is 42.5 Å². The number of hydrogen-bond acceptors (Lipinski definition) is 4. The van der Waals surface area contributed by atoms with Crippen molar-refractivity contribution in [2.75, 3.05) is 10.6 Å². The number of anilines is 2. The molecule has 2 heterocycles. The Hall–Kier alpha value is -3.99. The summed E-state index contributed by atoms with van der Waals surface area (Å²) in [5, 5.41) is 8.45. The second-order valence-electron chi connectivity index (χ2n) is 9.69. The molecule has 0 bridgehead atoms. The molecule has 1 aromatic heterocycles. The number of Topliss-reactive ketones (excluding diaryl/α,β-unsaturated/α-hetero) is 1. The first-order valence-electron chi connectivity index (χ1n) is 12.3. The molecule has 3 N–H and O–H groups in total. The predicted molar refractivity (Wildman–Crippen MR) is 141 cm³/mol. The lowest BCUT2D eigenvalue weighted by atomic mass is 9.78. The Kier molecular flexibility index (Phi) is 5.33. The summed E-state index contributed by atoms with van der Waals surface area (Å²) in [6, 6.07) is 24.4. The number of ketones is 1. The maximum atomic E-state index is 13.8. The van der Waals surface area contributed by atoms with Crippen molar-refractivity contribution < 1.29 is 9.53 Å². The number of carbonyl (C=O) groups is 1. The molecule has 2 unspecified atom stereocenters. The number of para-hydroxylation sites is 3. The summed E-state index contributed by atoms with van der Waals surface area (Å²) in [6.45, 7) is 4.05. The van der Waals surface area contributed by atoms with E-state index < -0.39 is 0 Å². The zero-order valence-corrected chi connectivity index (χ0v) is 20.0. The predicted octanol–water partition coefficient (Wildman–Crippen LogP) is 6.93. The minimum atomic E-state index is -0.229. The van der Waals surface area contributed by atoms with Gasteiger partial charge in [-0.05, 0) is 62.1 Å². The van der Waals surface area contributed by atoms with Crippen LogP contribution in [0.15, 0.2) is 90.3 Å². The Morgan fingerprint density at radius 3 is 2.43 bits per heavy atom. The number of fused-ring (bicyclic) bond motifs is 2. The largest absolute Gasteiger partial charge is 0.491 e. The quantitative estimate of drug-likeness (QED) is 0.307. The number of benzene rings is 3. The Morgan fingerprint density at radius 2 is 1.63 bits per heavy atom. The van der Waals surface area contributed by atoms with Crippen molar-refractivity contribution >= 4 is 28.1 Å². The van der Waals surface area contributed by atoms with Crippen molar-refractivity contribution in [1.82, 2.24) is 4.98 Å². The molecular weight excluding hydrogens is 434 g/mol. The van der Waals surface area contributed by atoms with Crippen LogP contribution in [0.25, 0.3) is 10.9 Å². The Labute approximate surface area is 205 Å². The van der Waals surface area contributed by atoms with Crippen molar-refractivity contribution in [2.45, 2.75) is 44.8 Å². The van der Waals surface area contributed by atoms with Gasteiger partial charge in [0.05, 0.1) is 23.5 Å². The molecule has 1 aliphatic heterocycles. The van der Waals surface area contributed by atoms with E-state index in [1.54, 1.807) is 0 Å². The van der Waals surface area contributed by atoms with Gasteiger partial charge in [0, 0.05) is 40.4 Å². The van der Waals surface area contributed by atoms with E-state index in [1.807, 2.05) is 56.4 Å². The lowest BCUT2D eigenvalue weighted by Crippen LogP contribution is -2.26. The summed E-state index contributed by atoms with van der Waals surface area (Å²) < 4.78 is 5.81. The lowest BCUT2D eigenvalue weighted by Gasteiger charge is -2.29. The fraction of sp³-hybridized carbons (Fsp3) is 0.233. The van der Waals surface area contributed by atoms with Crippen molar-refractivity contribution in [3.05, 3.63) is 101 Å². The van der Waals surface area contributed by atoms with E-state index in [9.17, 15) is 4.79 Å². The summed E-state index contributed by atoms with van der Waals surface area (Å²) in [6.07, 6.45) is 3.43. The number of ether oxygens (including phenoxy) is 1. The first-order chi connectivity index (χ1) is 17.1. The summed E-state index contributed by atoms with van der Waals surface area (Å²) in [5.41, 5.74) is 7.16. The summed E-state index contributed by atoms with van der Waals surface area (Å²) in [7, 11) is 0. The van der Waals surface area contributed by atoms with Gasteiger partial charge in [-0.25, -0.2) is 0 Å². The Morgan fingerprint density at radius 1 is 0.886 bits per heavy atom. The molecule has 0 fully saturated rings. The summed E-state index contributed by atoms with van der Waals surface area (Å²) in [4.78, 5) is 17.2. The van der Waals surface area contributed by atoms with Crippen LogP contribution >= 0.6 is 0 Å². The van der Waals surface area contributed by atoms with Crippen LogP contribution in [0.4, 0.5) is 11.4 Å². The molecule has 0 saturated carbocycles. The van der Waals surface area contributed by atoms with E-state index in [1.165, 1.54) is 0 Å². The standard InChI is InChI=1S/C30H29N3O2/c1-18(2)35-21-13-11-19(12-14-21)20-15-27-29(28(34)16-20)30(33-26-10-6-5-9-25(26)32-27)23-17-31-24-8-4-3-7-22(23)24/h3-14,17-18,20,30-33H,15-16H2,1-2H3. The van der Waals surface area contributed by atoms with Gasteiger partial charge >= 0.3 is 0 Å². The molecule has 5 heteroatoms. The normalized spacial score (nSPS) is 19.6. The highest BCUT2D eigenvalue weighted by Crippen LogP contribution is 2.45. The second kappa shape index (κ2) is 8.66. The monoisotopic (exact) mass is 463 g/mol. The topological polar surface area (TPSA) is 66.2 Å². The molecular formula is C30H29N3O2. The van der Waals surface area contributed by atoms with Gasteiger partial charge in [0.15, 0.2) is 5.78 Å². The van der Waals surface area contributed by atoms with Gasteiger partial charge in [-0.15, -0.1) is 0 Å². The molecule has 0 radical (unpaired) electrons. The molecule has 5 nitrogen and oxygen atoms in total. The number of hydrogen-bond donors (Lipinski definition) is 3. The number of aromatic nitrogens is 1. The van der Waals surface area contributed by atoms with Crippen LogP contribution in [0.1, 0.15) is 49.8 Å². The maximum Gasteiger partial charge on any atom is 0.163 e. The van der Waals surface area contributed by atoms with Crippen LogP contribution in [-0.2, 0) is 4.79 Å². The molecule has 2 atom stereocenters. The molecule has 2 aliphatic rings. The lowest BCUT2D eigenvalue weighted by molar-refractivity contribution is -0.116. The van der Waals surface area contributed by atoms with E-state index in [0.717, 1.165) is 56.8 Å². The van der Waals surface area contributed by atoms with Crippen LogP contribution in [0, 0.1) is 0 Å². The molecule has 0 saturated heterocycles. The van der Waals surface area contributed by atoms with Gasteiger partial charge in [-0.3, -0.25) is 4.79 Å². The van der Waals surface area contributed by atoms with Crippen LogP contribution < -0.4 is 15.4 Å². The Bertz CT molecular complexity index is 1430. The van der Waals surface area contributed by atoms with Gasteiger partial charge in [0.25, 0.3) is 0 Å². The van der Waals surface area contributed by atoms with E-state index in [2.05, 4.69) is 52.0 Å². The average molecular weight is 464 g/mol. The van der Waals surface area contributed by atoms with E-state index in [-0.39, 0.29) is 23.8 Å². The Balaban J connectivity index is 1.41. The molecule has 4 aromatic rings. The smallest absolute Gasteiger partial charge is 0.163 e. The SMILES string of the molecule is CC(C)Oc1ccc(C2CC(=O)C3=C(C2)Nc2ccccc2NC3c2c[nH]c3ccccc23)cc1. The highest BCUT2D eigenvalue weighted by Gasteiger charge is 2.36. The number of H-pyrrole nitrogens is 1. The maximum absolute atomic E-state index is 13.8. The average Bonchev–Trinajstić information content (AvgIpc) is 3.20. The van der Waals surface area contributed by atoms with Crippen LogP contribution in [0.3, 0.4) is 0 Å². The molecule has 176 valence electrons. The minimum absolute atomic E-state index is 0.121. The fourth-order valence-corrected chi connectivity index (χ4v) is 5.38. The van der Waals surface area contributed by atoms with Gasteiger partial charge in [0.1, 0.15) is 5.75 Å². The highest BCUT2D eigenvalue weighted by atomic mass is 16.5. The minimum Gasteiger partial charge on any atom is -0.491 e. The van der Waals surface area contributed by atoms with E-state index in [0.29, 0.717) is 6.42 Å². The molecule has 3 aromatic carbocycles. The van der Waals surface area contributed by atoms with Crippen molar-refractivity contribution in [3.63, 3.8) is 0 Å². The third-order valence-electron chi connectivity index (χ3n) is 6.96. The third kappa shape index (κ3) is 3.97. The number of rotatable bonds is 4. The van der Waals surface area contributed by atoms with E-state index >= 15 is 0 Å². The second-order valence-corrected chi connectivity index (χ2v) is 9.69. The first kappa shape index (κ1) is 21.5. The van der Waals surface area contributed by atoms with Crippen molar-refractivity contribution in [1.29, 1.82) is 0 Å². The van der Waals surface area contributed by atoms with Crippen LogP contribution in [-0.4, -0.2) is 16.9 Å². The van der Waals surface area contributed by atoms with Gasteiger partial charge in [0.2, 0.25) is 0 Å². The zero-order chi connectivity index (χ0) is 23.9. The summed E-state index contributed by atoms with van der Waals surface area (Å²) >= 11 is 0. The van der Waals surface area contributed by atoms with Gasteiger partial charge < -0.3 is 20.4 Å². The van der Waals surface area contributed by atoms with Crippen LogP contribution in [0.2, 0.25) is 0 Å². The van der Waals surface area contributed by atoms with Crippen molar-refractivity contribution in [3.8, 4) is 5.75 Å². The van der Waals surface area contributed by atoms with Crippen molar-refractivity contribution in [2.24, 2.45) is 0 Å². The van der Waals surface area contributed by atoms with Crippen LogP contribution in [0.5, 0.6) is 5.75 Å². The van der Waals surface area contributed by atoms with E-state index in [4.69, 9.17) is 4.74 Å². The molecule has 0 amide bonds. The highest BCUT2D eigenvalue weighted by molar-refractivity contribution is 6.02. The number of nitrogens with one attached hydrogen (secondary N) is 3. The molecule has 6 rings (SSSR count). The number of allylic oxidation sites excluding steroid dienone is 1. The van der Waals surface area contributed by atoms with Gasteiger partial charge in [-0.2, -0.15) is 0 Å². The first-order valence-corrected chi connectivity index (χ1v) is 12.3. The zero-order valence-electron chi connectivity index (χ0n) is 20.0. The number of aromatic amines is 1. The molecule has 0 spiro atoms. The number of carbonyl (C=O) groups excluding carboxylic acids is 1.